The number of aliphatic carboxylic acids is 1. The summed E-state index contributed by atoms with van der Waals surface area (Å²) in [6.45, 7) is 1.11. The van der Waals surface area contributed by atoms with Crippen LogP contribution in [-0.2, 0) is 14.3 Å². The highest BCUT2D eigenvalue weighted by atomic mass is 16.8. The molecule has 1 unspecified atom stereocenters. The number of rotatable bonds is 11. The van der Waals surface area contributed by atoms with Gasteiger partial charge >= 0.3 is 5.97 Å². The zero-order valence-corrected chi connectivity index (χ0v) is 17.6. The van der Waals surface area contributed by atoms with Crippen molar-refractivity contribution in [1.29, 1.82) is 0 Å². The maximum Gasteiger partial charge on any atom is 0.303 e. The van der Waals surface area contributed by atoms with Crippen molar-refractivity contribution in [3.63, 3.8) is 0 Å². The molecule has 2 fully saturated rings. The summed E-state index contributed by atoms with van der Waals surface area (Å²) in [5, 5.41) is 29.6. The Morgan fingerprint density at radius 3 is 2.58 bits per heavy atom. The van der Waals surface area contributed by atoms with Crippen LogP contribution in [0.25, 0.3) is 0 Å². The number of aliphatic hydroxyl groups excluding tert-OH is 2. The molecular formula is C24H32O7. The van der Waals surface area contributed by atoms with Crippen LogP contribution in [0.1, 0.15) is 32.1 Å². The van der Waals surface area contributed by atoms with Crippen LogP contribution in [-0.4, -0.2) is 59.1 Å². The molecule has 3 rings (SSSR count). The number of hydrogen-bond acceptors (Lipinski definition) is 6. The first kappa shape index (κ1) is 23.5. The Morgan fingerprint density at radius 2 is 1.87 bits per heavy atom. The first-order valence-corrected chi connectivity index (χ1v) is 10.9. The van der Waals surface area contributed by atoms with E-state index >= 15 is 0 Å². The summed E-state index contributed by atoms with van der Waals surface area (Å²) in [6.07, 6.45) is 8.68. The van der Waals surface area contributed by atoms with E-state index in [9.17, 15) is 15.0 Å². The lowest BCUT2D eigenvalue weighted by Gasteiger charge is -2.26. The molecule has 31 heavy (non-hydrogen) atoms. The standard InChI is InChI=1S/C24H32O7/c25-21-16-22(26)20(19(21)10-6-1-2-7-11-23(27)28)12-13-24(30-14-15-31-24)17-29-18-8-4-3-5-9-18/h1,3-6,8-9,12-13,19-22,25-26H,2,7,10-11,14-17H2,(H,27,28)/b6-1-,13-12+/t19-,20-,21-,22?/m1/s1. The zero-order valence-electron chi connectivity index (χ0n) is 17.6. The quantitative estimate of drug-likeness (QED) is 0.365. The smallest absolute Gasteiger partial charge is 0.303 e. The highest BCUT2D eigenvalue weighted by Crippen LogP contribution is 2.37. The Labute approximate surface area is 182 Å². The van der Waals surface area contributed by atoms with Gasteiger partial charge in [0.15, 0.2) is 0 Å². The van der Waals surface area contributed by atoms with Gasteiger partial charge in [-0.1, -0.05) is 36.4 Å². The van der Waals surface area contributed by atoms with Crippen molar-refractivity contribution in [3.05, 3.63) is 54.6 Å². The van der Waals surface area contributed by atoms with E-state index in [1.165, 1.54) is 0 Å². The fourth-order valence-corrected chi connectivity index (χ4v) is 4.11. The van der Waals surface area contributed by atoms with Crippen LogP contribution in [0.2, 0.25) is 0 Å². The highest BCUT2D eigenvalue weighted by Gasteiger charge is 2.41. The SMILES string of the molecule is O=C(O)CCC/C=C\C[C@H]1[C@H](O)CC(O)[C@@H]1/C=C/C1(COc2ccccc2)OCCO1. The molecule has 4 atom stereocenters. The number of benzene rings is 1. The third kappa shape index (κ3) is 6.90. The third-order valence-electron chi connectivity index (χ3n) is 5.78. The lowest BCUT2D eigenvalue weighted by Crippen LogP contribution is -2.35. The number of carboxylic acid groups (broad SMARTS) is 1. The first-order valence-electron chi connectivity index (χ1n) is 10.9. The predicted octanol–water partition coefficient (Wildman–Crippen LogP) is 2.92. The molecule has 0 aromatic heterocycles. The van der Waals surface area contributed by atoms with Gasteiger partial charge in [0, 0.05) is 18.8 Å². The largest absolute Gasteiger partial charge is 0.488 e. The van der Waals surface area contributed by atoms with Gasteiger partial charge in [0.1, 0.15) is 12.4 Å². The second-order valence-electron chi connectivity index (χ2n) is 8.07. The second-order valence-corrected chi connectivity index (χ2v) is 8.07. The Balaban J connectivity index is 1.59. The number of aliphatic hydroxyl groups is 2. The topological polar surface area (TPSA) is 105 Å². The van der Waals surface area contributed by atoms with Crippen LogP contribution in [0.5, 0.6) is 5.75 Å². The molecular weight excluding hydrogens is 400 g/mol. The first-order chi connectivity index (χ1) is 15.0. The molecule has 170 valence electrons. The Hall–Kier alpha value is -2.19. The molecule has 3 N–H and O–H groups in total. The molecule has 0 radical (unpaired) electrons. The average molecular weight is 433 g/mol. The molecule has 1 aromatic carbocycles. The molecule has 7 nitrogen and oxygen atoms in total. The van der Waals surface area contributed by atoms with Gasteiger partial charge in [0.2, 0.25) is 5.79 Å². The van der Waals surface area contributed by atoms with Gasteiger partial charge in [-0.05, 0) is 43.4 Å². The molecule has 1 heterocycles. The lowest BCUT2D eigenvalue weighted by atomic mass is 9.89. The molecule has 1 aromatic rings. The van der Waals surface area contributed by atoms with Crippen LogP contribution in [0.4, 0.5) is 0 Å². The average Bonchev–Trinajstić information content (AvgIpc) is 3.32. The van der Waals surface area contributed by atoms with Crippen LogP contribution in [0.3, 0.4) is 0 Å². The molecule has 1 aliphatic heterocycles. The van der Waals surface area contributed by atoms with Crippen molar-refractivity contribution in [2.45, 2.75) is 50.1 Å². The van der Waals surface area contributed by atoms with Crippen LogP contribution < -0.4 is 4.74 Å². The van der Waals surface area contributed by atoms with Gasteiger partial charge in [-0.25, -0.2) is 0 Å². The summed E-state index contributed by atoms with van der Waals surface area (Å²) < 4.78 is 17.5. The van der Waals surface area contributed by atoms with Crippen molar-refractivity contribution in [1.82, 2.24) is 0 Å². The van der Waals surface area contributed by atoms with Crippen molar-refractivity contribution < 1.29 is 34.3 Å². The molecule has 2 aliphatic rings. The number of ether oxygens (including phenoxy) is 3. The normalized spacial score (nSPS) is 27.9. The van der Waals surface area contributed by atoms with E-state index in [2.05, 4.69) is 0 Å². The van der Waals surface area contributed by atoms with Gasteiger partial charge in [-0.2, -0.15) is 0 Å². The summed E-state index contributed by atoms with van der Waals surface area (Å²) in [5.74, 6) is -1.46. The van der Waals surface area contributed by atoms with Gasteiger partial charge in [-0.15, -0.1) is 0 Å². The minimum atomic E-state index is -1.01. The lowest BCUT2D eigenvalue weighted by molar-refractivity contribution is -0.139. The van der Waals surface area contributed by atoms with E-state index in [1.54, 1.807) is 6.08 Å². The third-order valence-corrected chi connectivity index (χ3v) is 5.78. The fraction of sp³-hybridized carbons (Fsp3) is 0.542. The van der Waals surface area contributed by atoms with Crippen molar-refractivity contribution >= 4 is 5.97 Å². The highest BCUT2D eigenvalue weighted by molar-refractivity contribution is 5.66. The molecule has 1 aliphatic carbocycles. The molecule has 0 spiro atoms. The zero-order chi connectivity index (χ0) is 22.1. The van der Waals surface area contributed by atoms with E-state index in [4.69, 9.17) is 19.3 Å². The Bertz CT molecular complexity index is 740. The molecule has 0 amide bonds. The van der Waals surface area contributed by atoms with Gasteiger partial charge in [0.25, 0.3) is 0 Å². The Kier molecular flexibility index (Phi) is 8.66. The molecule has 7 heteroatoms. The number of carboxylic acids is 1. The number of carbonyl (C=O) groups is 1. The summed E-state index contributed by atoms with van der Waals surface area (Å²) in [7, 11) is 0. The number of hydrogen-bond donors (Lipinski definition) is 3. The molecule has 1 saturated heterocycles. The fourth-order valence-electron chi connectivity index (χ4n) is 4.11. The van der Waals surface area contributed by atoms with E-state index in [0.29, 0.717) is 38.9 Å². The summed E-state index contributed by atoms with van der Waals surface area (Å²) in [4.78, 5) is 10.6. The number of allylic oxidation sites excluding steroid dienone is 2. The second kappa shape index (κ2) is 11.4. The van der Waals surface area contributed by atoms with Gasteiger partial charge < -0.3 is 29.5 Å². The van der Waals surface area contributed by atoms with Crippen LogP contribution in [0, 0.1) is 11.8 Å². The molecule has 1 saturated carbocycles. The summed E-state index contributed by atoms with van der Waals surface area (Å²) >= 11 is 0. The Morgan fingerprint density at radius 1 is 1.13 bits per heavy atom. The summed E-state index contributed by atoms with van der Waals surface area (Å²) in [6, 6.07) is 9.43. The van der Waals surface area contributed by atoms with E-state index < -0.39 is 24.0 Å². The number of unbranched alkanes of at least 4 members (excludes halogenated alkanes) is 1. The van der Waals surface area contributed by atoms with Gasteiger partial charge in [0.05, 0.1) is 25.4 Å². The van der Waals surface area contributed by atoms with Crippen LogP contribution in [0.15, 0.2) is 54.6 Å². The summed E-state index contributed by atoms with van der Waals surface area (Å²) in [5.41, 5.74) is 0. The minimum absolute atomic E-state index is 0.129. The predicted molar refractivity (Wildman–Crippen MR) is 115 cm³/mol. The maximum atomic E-state index is 10.6. The van der Waals surface area contributed by atoms with E-state index in [-0.39, 0.29) is 24.9 Å². The molecule has 0 bridgehead atoms. The number of para-hydroxylation sites is 1. The maximum absolute atomic E-state index is 10.6. The van der Waals surface area contributed by atoms with Crippen molar-refractivity contribution in [2.24, 2.45) is 11.8 Å². The monoisotopic (exact) mass is 432 g/mol. The van der Waals surface area contributed by atoms with E-state index in [0.717, 1.165) is 5.75 Å². The van der Waals surface area contributed by atoms with Crippen LogP contribution >= 0.6 is 0 Å². The van der Waals surface area contributed by atoms with E-state index in [1.807, 2.05) is 48.6 Å². The van der Waals surface area contributed by atoms with Gasteiger partial charge in [-0.3, -0.25) is 4.79 Å². The van der Waals surface area contributed by atoms with Crippen molar-refractivity contribution in [2.75, 3.05) is 19.8 Å². The minimum Gasteiger partial charge on any atom is -0.488 e. The van der Waals surface area contributed by atoms with Crippen molar-refractivity contribution in [3.8, 4) is 5.75 Å².